The highest BCUT2D eigenvalue weighted by molar-refractivity contribution is 7.09. The van der Waals surface area contributed by atoms with Crippen molar-refractivity contribution in [3.8, 4) is 0 Å². The first kappa shape index (κ1) is 14.6. The molecule has 1 aromatic rings. The van der Waals surface area contributed by atoms with E-state index in [0.29, 0.717) is 23.8 Å². The van der Waals surface area contributed by atoms with E-state index in [1.165, 1.54) is 16.2 Å². The van der Waals surface area contributed by atoms with E-state index in [9.17, 15) is 9.59 Å². The highest BCUT2D eigenvalue weighted by Gasteiger charge is 2.19. The van der Waals surface area contributed by atoms with Crippen molar-refractivity contribution in [3.63, 3.8) is 0 Å². The summed E-state index contributed by atoms with van der Waals surface area (Å²) in [7, 11) is 0. The van der Waals surface area contributed by atoms with Gasteiger partial charge in [0.25, 0.3) is 5.91 Å². The summed E-state index contributed by atoms with van der Waals surface area (Å²) < 4.78 is 0. The van der Waals surface area contributed by atoms with E-state index in [0.717, 1.165) is 12.8 Å². The third kappa shape index (κ3) is 4.08. The Morgan fingerprint density at radius 3 is 2.72 bits per heavy atom. The molecule has 100 valence electrons. The predicted molar refractivity (Wildman–Crippen MR) is 70.0 cm³/mol. The molecular weight excluding hydrogens is 252 g/mol. The fourth-order valence-electron chi connectivity index (χ4n) is 1.45. The summed E-state index contributed by atoms with van der Waals surface area (Å²) in [6.07, 6.45) is 1.76. The number of rotatable bonds is 7. The predicted octanol–water partition coefficient (Wildman–Crippen LogP) is 0.329. The average Bonchev–Trinajstić information content (AvgIpc) is 2.81. The fourth-order valence-corrected chi connectivity index (χ4v) is 2.10. The Kier molecular flexibility index (Phi) is 5.73. The minimum Gasteiger partial charge on any atom is -0.368 e. The molecule has 0 atom stereocenters. The summed E-state index contributed by atoms with van der Waals surface area (Å²) in [5.41, 5.74) is 10.9. The van der Waals surface area contributed by atoms with E-state index in [1.54, 1.807) is 5.38 Å². The Bertz CT molecular complexity index is 419. The normalized spacial score (nSPS) is 10.3. The highest BCUT2D eigenvalue weighted by Crippen LogP contribution is 2.11. The molecule has 6 nitrogen and oxygen atoms in total. The molecule has 0 unspecified atom stereocenters. The van der Waals surface area contributed by atoms with Crippen LogP contribution in [0.3, 0.4) is 0 Å². The summed E-state index contributed by atoms with van der Waals surface area (Å²) in [5, 5.41) is 2.36. The van der Waals surface area contributed by atoms with Crippen molar-refractivity contribution in [1.29, 1.82) is 0 Å². The van der Waals surface area contributed by atoms with Gasteiger partial charge in [0.2, 0.25) is 5.91 Å². The molecule has 2 amide bonds. The maximum absolute atomic E-state index is 12.1. The van der Waals surface area contributed by atoms with Crippen LogP contribution in [-0.2, 0) is 11.3 Å². The zero-order valence-electron chi connectivity index (χ0n) is 10.4. The second-order valence-corrected chi connectivity index (χ2v) is 4.82. The van der Waals surface area contributed by atoms with Crippen LogP contribution in [0.1, 0.15) is 35.3 Å². The average molecular weight is 270 g/mol. The molecule has 0 aliphatic carbocycles. The standard InChI is InChI=1S/C11H18N4O2S/c1-2-3-4-15(6-9(13)16)11(17)8-7-18-10(5-12)14-8/h7H,2-6,12H2,1H3,(H2,13,16). The first-order chi connectivity index (χ1) is 8.58. The third-order valence-corrected chi connectivity index (χ3v) is 3.23. The lowest BCUT2D eigenvalue weighted by molar-refractivity contribution is -0.118. The van der Waals surface area contributed by atoms with Gasteiger partial charge in [-0.15, -0.1) is 11.3 Å². The lowest BCUT2D eigenvalue weighted by Crippen LogP contribution is -2.39. The summed E-state index contributed by atoms with van der Waals surface area (Å²) in [5.74, 6) is -0.785. The van der Waals surface area contributed by atoms with Crippen LogP contribution in [0.2, 0.25) is 0 Å². The molecule has 1 rings (SSSR count). The zero-order chi connectivity index (χ0) is 13.5. The van der Waals surface area contributed by atoms with Crippen molar-refractivity contribution in [1.82, 2.24) is 9.88 Å². The second kappa shape index (κ2) is 7.07. The molecule has 0 aromatic carbocycles. The lowest BCUT2D eigenvalue weighted by atomic mass is 10.3. The Morgan fingerprint density at radius 1 is 1.50 bits per heavy atom. The summed E-state index contributed by atoms with van der Waals surface area (Å²) in [4.78, 5) is 28.6. The van der Waals surface area contributed by atoms with E-state index in [1.807, 2.05) is 6.92 Å². The molecule has 0 spiro atoms. The number of thiazole rings is 1. The van der Waals surface area contributed by atoms with Crippen molar-refractivity contribution in [2.75, 3.05) is 13.1 Å². The van der Waals surface area contributed by atoms with Gasteiger partial charge in [0.1, 0.15) is 10.7 Å². The number of hydrogen-bond donors (Lipinski definition) is 2. The van der Waals surface area contributed by atoms with E-state index < -0.39 is 5.91 Å². The molecule has 4 N–H and O–H groups in total. The number of primary amides is 1. The first-order valence-corrected chi connectivity index (χ1v) is 6.68. The van der Waals surface area contributed by atoms with Gasteiger partial charge in [-0.25, -0.2) is 4.98 Å². The molecule has 0 fully saturated rings. The van der Waals surface area contributed by atoms with Crippen LogP contribution in [0.5, 0.6) is 0 Å². The molecule has 0 aliphatic rings. The van der Waals surface area contributed by atoms with Crippen LogP contribution in [0.4, 0.5) is 0 Å². The third-order valence-electron chi connectivity index (χ3n) is 2.36. The maximum Gasteiger partial charge on any atom is 0.273 e. The highest BCUT2D eigenvalue weighted by atomic mass is 32.1. The topological polar surface area (TPSA) is 102 Å². The number of aromatic nitrogens is 1. The Labute approximate surface area is 110 Å². The number of hydrogen-bond acceptors (Lipinski definition) is 5. The zero-order valence-corrected chi connectivity index (χ0v) is 11.2. The number of nitrogens with two attached hydrogens (primary N) is 2. The molecule has 0 radical (unpaired) electrons. The maximum atomic E-state index is 12.1. The van der Waals surface area contributed by atoms with Gasteiger partial charge >= 0.3 is 0 Å². The Hall–Kier alpha value is -1.47. The number of amides is 2. The largest absolute Gasteiger partial charge is 0.368 e. The molecule has 0 saturated heterocycles. The number of unbranched alkanes of at least 4 members (excludes halogenated alkanes) is 1. The lowest BCUT2D eigenvalue weighted by Gasteiger charge is -2.19. The van der Waals surface area contributed by atoms with E-state index in [-0.39, 0.29) is 12.5 Å². The van der Waals surface area contributed by atoms with Gasteiger partial charge < -0.3 is 16.4 Å². The first-order valence-electron chi connectivity index (χ1n) is 5.80. The van der Waals surface area contributed by atoms with E-state index in [2.05, 4.69) is 4.98 Å². The fraction of sp³-hybridized carbons (Fsp3) is 0.545. The molecule has 0 aliphatic heterocycles. The van der Waals surface area contributed by atoms with Crippen LogP contribution in [0, 0.1) is 0 Å². The van der Waals surface area contributed by atoms with Gasteiger partial charge in [-0.05, 0) is 6.42 Å². The van der Waals surface area contributed by atoms with Crippen LogP contribution in [0.25, 0.3) is 0 Å². The number of nitrogens with zero attached hydrogens (tertiary/aromatic N) is 2. The van der Waals surface area contributed by atoms with Gasteiger partial charge in [-0.1, -0.05) is 13.3 Å². The van der Waals surface area contributed by atoms with Crippen molar-refractivity contribution in [2.24, 2.45) is 11.5 Å². The molecule has 1 heterocycles. The van der Waals surface area contributed by atoms with Crippen LogP contribution >= 0.6 is 11.3 Å². The van der Waals surface area contributed by atoms with Crippen molar-refractivity contribution in [3.05, 3.63) is 16.1 Å². The van der Waals surface area contributed by atoms with Crippen LogP contribution in [-0.4, -0.2) is 34.8 Å². The Morgan fingerprint density at radius 2 is 2.22 bits per heavy atom. The molecule has 0 saturated carbocycles. The summed E-state index contributed by atoms with van der Waals surface area (Å²) in [6.45, 7) is 2.76. The van der Waals surface area contributed by atoms with Crippen molar-refractivity contribution in [2.45, 2.75) is 26.3 Å². The van der Waals surface area contributed by atoms with Gasteiger partial charge in [0, 0.05) is 18.5 Å². The van der Waals surface area contributed by atoms with Gasteiger partial charge in [-0.3, -0.25) is 9.59 Å². The minimum absolute atomic E-state index is 0.0751. The quantitative estimate of drug-likeness (QED) is 0.745. The monoisotopic (exact) mass is 270 g/mol. The van der Waals surface area contributed by atoms with Crippen LogP contribution < -0.4 is 11.5 Å². The SMILES string of the molecule is CCCCN(CC(N)=O)C(=O)c1csc(CN)n1. The smallest absolute Gasteiger partial charge is 0.273 e. The second-order valence-electron chi connectivity index (χ2n) is 3.88. The number of carbonyl (C=O) groups is 2. The number of carbonyl (C=O) groups excluding carboxylic acids is 2. The molecule has 18 heavy (non-hydrogen) atoms. The van der Waals surface area contributed by atoms with Gasteiger partial charge in [0.15, 0.2) is 0 Å². The molecule has 1 aromatic heterocycles. The van der Waals surface area contributed by atoms with E-state index in [4.69, 9.17) is 11.5 Å². The summed E-state index contributed by atoms with van der Waals surface area (Å²) >= 11 is 1.34. The van der Waals surface area contributed by atoms with Crippen molar-refractivity contribution < 1.29 is 9.59 Å². The van der Waals surface area contributed by atoms with Crippen LogP contribution in [0.15, 0.2) is 5.38 Å². The molecule has 0 bridgehead atoms. The summed E-state index contributed by atoms with van der Waals surface area (Å²) in [6, 6.07) is 0. The molecular formula is C11H18N4O2S. The minimum atomic E-state index is -0.520. The Balaban J connectivity index is 2.76. The van der Waals surface area contributed by atoms with Gasteiger partial charge in [0.05, 0.1) is 6.54 Å². The van der Waals surface area contributed by atoms with Crippen molar-refractivity contribution >= 4 is 23.2 Å². The van der Waals surface area contributed by atoms with Gasteiger partial charge in [-0.2, -0.15) is 0 Å². The molecule has 7 heteroatoms. The van der Waals surface area contributed by atoms with E-state index >= 15 is 0 Å².